The predicted octanol–water partition coefficient (Wildman–Crippen LogP) is 0.679. The lowest BCUT2D eigenvalue weighted by atomic mass is 9.99. The van der Waals surface area contributed by atoms with Crippen LogP contribution in [0.5, 0.6) is 0 Å². The number of nitrogens with one attached hydrogen (secondary N) is 1. The van der Waals surface area contributed by atoms with E-state index in [4.69, 9.17) is 5.73 Å². The molecular formula is C11H25N3O2S. The van der Waals surface area contributed by atoms with Crippen LogP contribution in [-0.4, -0.2) is 38.4 Å². The lowest BCUT2D eigenvalue weighted by Gasteiger charge is -2.28. The van der Waals surface area contributed by atoms with Crippen LogP contribution in [0.1, 0.15) is 39.5 Å². The van der Waals surface area contributed by atoms with Crippen molar-refractivity contribution in [3.8, 4) is 0 Å². The van der Waals surface area contributed by atoms with Crippen molar-refractivity contribution < 1.29 is 8.42 Å². The third-order valence-electron chi connectivity index (χ3n) is 3.63. The first-order valence-electron chi connectivity index (χ1n) is 6.34. The van der Waals surface area contributed by atoms with Gasteiger partial charge in [0.2, 0.25) is 0 Å². The molecule has 0 aromatic heterocycles. The number of hydrogen-bond acceptors (Lipinski definition) is 3. The standard InChI is InChI=1S/C11H25N3O2S/c1-9(2)14(3)17(15,16)13-11(8-12)10-6-4-5-7-10/h9-11,13H,4-8,12H2,1-3H3. The van der Waals surface area contributed by atoms with E-state index in [2.05, 4.69) is 4.72 Å². The maximum Gasteiger partial charge on any atom is 0.279 e. The summed E-state index contributed by atoms with van der Waals surface area (Å²) in [5, 5.41) is 0. The SMILES string of the molecule is CC(C)N(C)S(=O)(=O)NC(CN)C1CCCC1. The summed E-state index contributed by atoms with van der Waals surface area (Å²) in [6.45, 7) is 4.08. The Hall–Kier alpha value is -0.170. The maximum atomic E-state index is 12.1. The van der Waals surface area contributed by atoms with E-state index in [1.165, 1.54) is 17.1 Å². The topological polar surface area (TPSA) is 75.4 Å². The van der Waals surface area contributed by atoms with Crippen LogP contribution in [0.4, 0.5) is 0 Å². The Kier molecular flexibility index (Phi) is 5.37. The smallest absolute Gasteiger partial charge is 0.279 e. The molecule has 5 nitrogen and oxygen atoms in total. The van der Waals surface area contributed by atoms with Crippen LogP contribution in [0.25, 0.3) is 0 Å². The quantitative estimate of drug-likeness (QED) is 0.740. The van der Waals surface area contributed by atoms with E-state index in [0.717, 1.165) is 12.8 Å². The molecular weight excluding hydrogens is 238 g/mol. The van der Waals surface area contributed by atoms with Crippen LogP contribution in [0.3, 0.4) is 0 Å². The Morgan fingerprint density at radius 1 is 1.35 bits per heavy atom. The second-order valence-electron chi connectivity index (χ2n) is 5.12. The van der Waals surface area contributed by atoms with Crippen LogP contribution >= 0.6 is 0 Å². The summed E-state index contributed by atoms with van der Waals surface area (Å²) in [6.07, 6.45) is 4.53. The zero-order chi connectivity index (χ0) is 13.1. The molecule has 1 saturated carbocycles. The van der Waals surface area contributed by atoms with Gasteiger partial charge in [0.1, 0.15) is 0 Å². The molecule has 0 radical (unpaired) electrons. The maximum absolute atomic E-state index is 12.1. The molecule has 102 valence electrons. The molecule has 0 spiro atoms. The van der Waals surface area contributed by atoms with Crippen molar-refractivity contribution in [2.45, 2.75) is 51.6 Å². The van der Waals surface area contributed by atoms with E-state index >= 15 is 0 Å². The Morgan fingerprint density at radius 3 is 2.29 bits per heavy atom. The average Bonchev–Trinajstić information content (AvgIpc) is 2.78. The van der Waals surface area contributed by atoms with Crippen molar-refractivity contribution in [1.82, 2.24) is 9.03 Å². The van der Waals surface area contributed by atoms with Gasteiger partial charge < -0.3 is 5.73 Å². The van der Waals surface area contributed by atoms with Gasteiger partial charge in [0.25, 0.3) is 10.2 Å². The minimum Gasteiger partial charge on any atom is -0.329 e. The van der Waals surface area contributed by atoms with E-state index < -0.39 is 10.2 Å². The van der Waals surface area contributed by atoms with E-state index in [1.54, 1.807) is 7.05 Å². The minimum absolute atomic E-state index is 0.0468. The minimum atomic E-state index is -3.40. The summed E-state index contributed by atoms with van der Waals surface area (Å²) in [5.41, 5.74) is 5.69. The molecule has 0 bridgehead atoms. The third kappa shape index (κ3) is 3.91. The molecule has 0 saturated heterocycles. The van der Waals surface area contributed by atoms with Gasteiger partial charge in [-0.3, -0.25) is 0 Å². The number of nitrogens with zero attached hydrogens (tertiary/aromatic N) is 1. The van der Waals surface area contributed by atoms with Gasteiger partial charge in [0, 0.05) is 25.7 Å². The van der Waals surface area contributed by atoms with E-state index in [9.17, 15) is 8.42 Å². The fraction of sp³-hybridized carbons (Fsp3) is 1.00. The van der Waals surface area contributed by atoms with Gasteiger partial charge in [0.05, 0.1) is 0 Å². The molecule has 0 amide bonds. The van der Waals surface area contributed by atoms with Crippen molar-refractivity contribution in [2.24, 2.45) is 11.7 Å². The van der Waals surface area contributed by atoms with Crippen molar-refractivity contribution in [2.75, 3.05) is 13.6 Å². The lowest BCUT2D eigenvalue weighted by Crippen LogP contribution is -2.51. The molecule has 1 unspecified atom stereocenters. The van der Waals surface area contributed by atoms with Crippen LogP contribution in [0, 0.1) is 5.92 Å². The van der Waals surface area contributed by atoms with Gasteiger partial charge in [0.15, 0.2) is 0 Å². The highest BCUT2D eigenvalue weighted by atomic mass is 32.2. The van der Waals surface area contributed by atoms with Gasteiger partial charge in [-0.05, 0) is 32.6 Å². The average molecular weight is 263 g/mol. The summed E-state index contributed by atoms with van der Waals surface area (Å²) < 4.78 is 28.2. The van der Waals surface area contributed by atoms with E-state index in [1.807, 2.05) is 13.8 Å². The summed E-state index contributed by atoms with van der Waals surface area (Å²) in [7, 11) is -1.81. The molecule has 1 atom stereocenters. The fourth-order valence-electron chi connectivity index (χ4n) is 2.25. The van der Waals surface area contributed by atoms with Gasteiger partial charge >= 0.3 is 0 Å². The molecule has 1 fully saturated rings. The number of hydrogen-bond donors (Lipinski definition) is 2. The van der Waals surface area contributed by atoms with E-state index in [0.29, 0.717) is 12.5 Å². The Bertz CT molecular complexity index is 324. The lowest BCUT2D eigenvalue weighted by molar-refractivity contribution is 0.365. The van der Waals surface area contributed by atoms with Crippen LogP contribution in [0.2, 0.25) is 0 Å². The highest BCUT2D eigenvalue weighted by Crippen LogP contribution is 2.27. The molecule has 1 rings (SSSR count). The first-order valence-corrected chi connectivity index (χ1v) is 7.78. The van der Waals surface area contributed by atoms with Gasteiger partial charge in [-0.15, -0.1) is 0 Å². The number of rotatable bonds is 6. The predicted molar refractivity (Wildman–Crippen MR) is 69.8 cm³/mol. The summed E-state index contributed by atoms with van der Waals surface area (Å²) in [4.78, 5) is 0. The van der Waals surface area contributed by atoms with Crippen molar-refractivity contribution in [3.63, 3.8) is 0 Å². The van der Waals surface area contributed by atoms with Gasteiger partial charge in [-0.2, -0.15) is 17.4 Å². The zero-order valence-electron chi connectivity index (χ0n) is 11.0. The first-order chi connectivity index (χ1) is 7.88. The normalized spacial score (nSPS) is 20.4. The Balaban J connectivity index is 2.66. The highest BCUT2D eigenvalue weighted by molar-refractivity contribution is 7.87. The molecule has 0 aliphatic heterocycles. The van der Waals surface area contributed by atoms with Gasteiger partial charge in [-0.1, -0.05) is 12.8 Å². The van der Waals surface area contributed by atoms with Crippen LogP contribution in [-0.2, 0) is 10.2 Å². The monoisotopic (exact) mass is 263 g/mol. The molecule has 1 aliphatic rings. The second-order valence-corrected chi connectivity index (χ2v) is 6.88. The molecule has 3 N–H and O–H groups in total. The highest BCUT2D eigenvalue weighted by Gasteiger charge is 2.30. The van der Waals surface area contributed by atoms with Crippen LogP contribution < -0.4 is 10.5 Å². The molecule has 6 heteroatoms. The Labute approximate surface area is 105 Å². The van der Waals surface area contributed by atoms with Crippen molar-refractivity contribution >= 4 is 10.2 Å². The van der Waals surface area contributed by atoms with Gasteiger partial charge in [-0.25, -0.2) is 0 Å². The van der Waals surface area contributed by atoms with Crippen molar-refractivity contribution in [1.29, 1.82) is 0 Å². The molecule has 0 aromatic carbocycles. The second kappa shape index (κ2) is 6.13. The molecule has 0 aromatic rings. The van der Waals surface area contributed by atoms with Crippen molar-refractivity contribution in [3.05, 3.63) is 0 Å². The molecule has 0 heterocycles. The molecule has 17 heavy (non-hydrogen) atoms. The summed E-state index contributed by atoms with van der Waals surface area (Å²) in [5.74, 6) is 0.398. The van der Waals surface area contributed by atoms with Crippen LogP contribution in [0.15, 0.2) is 0 Å². The van der Waals surface area contributed by atoms with E-state index in [-0.39, 0.29) is 12.1 Å². The number of nitrogens with two attached hydrogens (primary N) is 1. The largest absolute Gasteiger partial charge is 0.329 e. The fourth-order valence-corrected chi connectivity index (χ4v) is 3.64. The first kappa shape index (κ1) is 14.9. The molecule has 1 aliphatic carbocycles. The third-order valence-corrected chi connectivity index (χ3v) is 5.41. The Morgan fingerprint density at radius 2 is 1.88 bits per heavy atom. The zero-order valence-corrected chi connectivity index (χ0v) is 11.8. The summed E-state index contributed by atoms with van der Waals surface area (Å²) >= 11 is 0. The summed E-state index contributed by atoms with van der Waals surface area (Å²) in [6, 6.07) is -0.168.